The first-order chi connectivity index (χ1) is 7.71. The van der Waals surface area contributed by atoms with Gasteiger partial charge in [-0.25, -0.2) is 4.98 Å². The molecule has 0 bridgehead atoms. The van der Waals surface area contributed by atoms with Crippen LogP contribution in [0.2, 0.25) is 0 Å². The van der Waals surface area contributed by atoms with Crippen molar-refractivity contribution in [1.29, 1.82) is 0 Å². The van der Waals surface area contributed by atoms with Gasteiger partial charge in [-0.15, -0.1) is 11.3 Å². The average Bonchev–Trinajstić information content (AvgIpc) is 2.72. The normalized spacial score (nSPS) is 20.1. The van der Waals surface area contributed by atoms with Gasteiger partial charge < -0.3 is 0 Å². The fourth-order valence-electron chi connectivity index (χ4n) is 2.14. The molecule has 0 aromatic carbocycles. The Morgan fingerprint density at radius 2 is 2.50 bits per heavy atom. The number of nitrogens with one attached hydrogen (secondary N) is 1. The third-order valence-corrected chi connectivity index (χ3v) is 4.41. The second-order valence-electron chi connectivity index (χ2n) is 4.90. The van der Waals surface area contributed by atoms with E-state index in [-0.39, 0.29) is 0 Å². The minimum absolute atomic E-state index is 0.345. The molecule has 1 unspecified atom stereocenters. The Kier molecular flexibility index (Phi) is 2.27. The number of hydrogen-bond donors (Lipinski definition) is 2. The molecule has 16 heavy (non-hydrogen) atoms. The van der Waals surface area contributed by atoms with E-state index in [1.54, 1.807) is 11.3 Å². The highest BCUT2D eigenvalue weighted by atomic mass is 32.1. The lowest BCUT2D eigenvalue weighted by molar-refractivity contribution is 0.357. The van der Waals surface area contributed by atoms with E-state index >= 15 is 0 Å². The van der Waals surface area contributed by atoms with Crippen LogP contribution in [-0.2, 0) is 6.42 Å². The molecule has 0 spiro atoms. The van der Waals surface area contributed by atoms with Gasteiger partial charge >= 0.3 is 0 Å². The highest BCUT2D eigenvalue weighted by Crippen LogP contribution is 2.48. The fraction of sp³-hybridized carbons (Fsp3) is 0.545. The Bertz CT molecular complexity index is 468. The first kappa shape index (κ1) is 10.3. The Labute approximate surface area is 98.5 Å². The van der Waals surface area contributed by atoms with E-state index in [9.17, 15) is 0 Å². The van der Waals surface area contributed by atoms with Gasteiger partial charge in [0.2, 0.25) is 0 Å². The van der Waals surface area contributed by atoms with Crippen molar-refractivity contribution in [3.63, 3.8) is 0 Å². The maximum absolute atomic E-state index is 5.63. The average molecular weight is 236 g/mol. The van der Waals surface area contributed by atoms with Gasteiger partial charge in [0, 0.05) is 30.2 Å². The van der Waals surface area contributed by atoms with E-state index in [1.165, 1.54) is 12.8 Å². The zero-order valence-electron chi connectivity index (χ0n) is 9.31. The van der Waals surface area contributed by atoms with Crippen LogP contribution in [-0.4, -0.2) is 15.4 Å². The first-order valence-corrected chi connectivity index (χ1v) is 6.46. The van der Waals surface area contributed by atoms with Crippen LogP contribution in [0.4, 0.5) is 0 Å². The predicted molar refractivity (Wildman–Crippen MR) is 65.2 cm³/mol. The van der Waals surface area contributed by atoms with Crippen molar-refractivity contribution in [3.8, 4) is 0 Å². The van der Waals surface area contributed by atoms with E-state index < -0.39 is 0 Å². The van der Waals surface area contributed by atoms with Crippen LogP contribution >= 0.6 is 11.3 Å². The smallest absolute Gasteiger partial charge is 0.193 e. The Morgan fingerprint density at radius 3 is 3.12 bits per heavy atom. The molecule has 0 amide bonds. The molecule has 0 saturated heterocycles. The van der Waals surface area contributed by atoms with Crippen molar-refractivity contribution in [3.05, 3.63) is 23.5 Å². The first-order valence-electron chi connectivity index (χ1n) is 5.58. The molecule has 2 aromatic rings. The van der Waals surface area contributed by atoms with E-state index in [0.717, 1.165) is 17.1 Å². The second kappa shape index (κ2) is 3.55. The third-order valence-electron chi connectivity index (χ3n) is 3.64. The maximum atomic E-state index is 5.63. The summed E-state index contributed by atoms with van der Waals surface area (Å²) in [5.41, 5.74) is 4.45. The summed E-state index contributed by atoms with van der Waals surface area (Å²) in [5.74, 6) is 5.63. The monoisotopic (exact) mass is 236 g/mol. The summed E-state index contributed by atoms with van der Waals surface area (Å²) >= 11 is 1.67. The predicted octanol–water partition coefficient (Wildman–Crippen LogP) is 1.57. The largest absolute Gasteiger partial charge is 0.297 e. The van der Waals surface area contributed by atoms with Gasteiger partial charge in [0.1, 0.15) is 0 Å². The lowest BCUT2D eigenvalue weighted by Gasteiger charge is -2.21. The summed E-state index contributed by atoms with van der Waals surface area (Å²) in [5, 5.41) is 2.05. The molecule has 1 saturated carbocycles. The Hall–Kier alpha value is -0.910. The van der Waals surface area contributed by atoms with Crippen LogP contribution < -0.4 is 11.3 Å². The molecule has 1 aliphatic rings. The molecular weight excluding hydrogens is 220 g/mol. The summed E-state index contributed by atoms with van der Waals surface area (Å²) in [6.45, 7) is 2.29. The topological polar surface area (TPSA) is 55.3 Å². The Balaban J connectivity index is 1.80. The molecule has 0 radical (unpaired) electrons. The van der Waals surface area contributed by atoms with Gasteiger partial charge in [-0.2, -0.15) is 0 Å². The van der Waals surface area contributed by atoms with Crippen LogP contribution in [0.3, 0.4) is 0 Å². The SMILES string of the molecule is CC1(C(Cc2cn3ccsc3n2)NN)CC1. The quantitative estimate of drug-likeness (QED) is 0.626. The molecule has 3 N–H and O–H groups in total. The Morgan fingerprint density at radius 1 is 1.69 bits per heavy atom. The number of nitrogens with two attached hydrogens (primary N) is 1. The molecule has 0 aliphatic heterocycles. The zero-order chi connectivity index (χ0) is 11.2. The molecule has 3 rings (SSSR count). The molecule has 4 nitrogen and oxygen atoms in total. The van der Waals surface area contributed by atoms with E-state index in [2.05, 4.69) is 27.9 Å². The van der Waals surface area contributed by atoms with Gasteiger partial charge in [-0.1, -0.05) is 6.92 Å². The van der Waals surface area contributed by atoms with Gasteiger partial charge in [0.05, 0.1) is 5.69 Å². The number of hydrogen-bond acceptors (Lipinski definition) is 4. The third kappa shape index (κ3) is 1.65. The second-order valence-corrected chi connectivity index (χ2v) is 5.78. The van der Waals surface area contributed by atoms with Crippen LogP contribution in [0.15, 0.2) is 17.8 Å². The molecule has 2 heterocycles. The highest BCUT2D eigenvalue weighted by Gasteiger charge is 2.44. The van der Waals surface area contributed by atoms with E-state index in [0.29, 0.717) is 11.5 Å². The minimum Gasteiger partial charge on any atom is -0.297 e. The zero-order valence-corrected chi connectivity index (χ0v) is 10.1. The van der Waals surface area contributed by atoms with Crippen molar-refractivity contribution in [1.82, 2.24) is 14.8 Å². The molecular formula is C11H16N4S. The van der Waals surface area contributed by atoms with Gasteiger partial charge in [-0.05, 0) is 18.3 Å². The number of hydrazine groups is 1. The lowest BCUT2D eigenvalue weighted by Crippen LogP contribution is -2.42. The van der Waals surface area contributed by atoms with Gasteiger partial charge in [-0.3, -0.25) is 15.7 Å². The lowest BCUT2D eigenvalue weighted by atomic mass is 9.95. The van der Waals surface area contributed by atoms with Crippen LogP contribution in [0.1, 0.15) is 25.5 Å². The van der Waals surface area contributed by atoms with Gasteiger partial charge in [0.15, 0.2) is 4.96 Å². The van der Waals surface area contributed by atoms with Crippen molar-refractivity contribution in [2.75, 3.05) is 0 Å². The number of aromatic nitrogens is 2. The molecule has 5 heteroatoms. The minimum atomic E-state index is 0.345. The molecule has 1 fully saturated rings. The number of nitrogens with zero attached hydrogens (tertiary/aromatic N) is 2. The summed E-state index contributed by atoms with van der Waals surface area (Å²) < 4.78 is 2.07. The summed E-state index contributed by atoms with van der Waals surface area (Å²) in [7, 11) is 0. The molecule has 1 aliphatic carbocycles. The van der Waals surface area contributed by atoms with Crippen molar-refractivity contribution in [2.24, 2.45) is 11.3 Å². The van der Waals surface area contributed by atoms with Crippen LogP contribution in [0, 0.1) is 5.41 Å². The van der Waals surface area contributed by atoms with Crippen molar-refractivity contribution < 1.29 is 0 Å². The molecule has 1 atom stereocenters. The van der Waals surface area contributed by atoms with Crippen molar-refractivity contribution >= 4 is 16.3 Å². The summed E-state index contributed by atoms with van der Waals surface area (Å²) in [4.78, 5) is 5.65. The standard InChI is InChI=1S/C11H16N4S/c1-11(2-3-11)9(14-12)6-8-7-15-4-5-16-10(15)13-8/h4-5,7,9,14H,2-3,6,12H2,1H3. The number of rotatable bonds is 4. The molecule has 2 aromatic heterocycles. The fourth-order valence-corrected chi connectivity index (χ4v) is 2.85. The molecule has 86 valence electrons. The summed E-state index contributed by atoms with van der Waals surface area (Å²) in [6, 6.07) is 0.345. The van der Waals surface area contributed by atoms with Crippen molar-refractivity contribution in [2.45, 2.75) is 32.2 Å². The van der Waals surface area contributed by atoms with E-state index in [1.807, 2.05) is 11.6 Å². The van der Waals surface area contributed by atoms with Gasteiger partial charge in [0.25, 0.3) is 0 Å². The van der Waals surface area contributed by atoms with Crippen LogP contribution in [0.25, 0.3) is 4.96 Å². The number of imidazole rings is 1. The maximum Gasteiger partial charge on any atom is 0.193 e. The summed E-state index contributed by atoms with van der Waals surface area (Å²) in [6.07, 6.45) is 7.59. The van der Waals surface area contributed by atoms with Crippen LogP contribution in [0.5, 0.6) is 0 Å². The number of fused-ring (bicyclic) bond motifs is 1. The van der Waals surface area contributed by atoms with E-state index in [4.69, 9.17) is 5.84 Å². The number of thiazole rings is 1. The highest BCUT2D eigenvalue weighted by molar-refractivity contribution is 7.15.